The maximum Gasteiger partial charge on any atom is 0.278 e. The molecule has 3 rings (SSSR count). The SMILES string of the molecule is CC(C)C1CCN(c2nc(NC(C)(C)CO)cnc2C(=O)Nc2cccc(SNC(C)(C)C)c2)CC1. The molecule has 36 heavy (non-hydrogen) atoms. The molecular weight excluding hydrogens is 472 g/mol. The number of hydrogen-bond acceptors (Lipinski definition) is 8. The van der Waals surface area contributed by atoms with Crippen molar-refractivity contribution in [3.8, 4) is 0 Å². The van der Waals surface area contributed by atoms with Crippen LogP contribution in [0.4, 0.5) is 17.3 Å². The van der Waals surface area contributed by atoms with Gasteiger partial charge in [0, 0.05) is 29.2 Å². The van der Waals surface area contributed by atoms with Crippen molar-refractivity contribution in [1.82, 2.24) is 14.7 Å². The topological polar surface area (TPSA) is 102 Å². The van der Waals surface area contributed by atoms with Crippen molar-refractivity contribution in [2.75, 3.05) is 35.2 Å². The number of nitrogens with zero attached hydrogens (tertiary/aromatic N) is 3. The first-order valence-corrected chi connectivity index (χ1v) is 13.5. The average molecular weight is 515 g/mol. The van der Waals surface area contributed by atoms with Crippen molar-refractivity contribution in [3.05, 3.63) is 36.2 Å². The van der Waals surface area contributed by atoms with Crippen LogP contribution in [0.2, 0.25) is 0 Å². The second kappa shape index (κ2) is 11.8. The number of nitrogens with one attached hydrogen (secondary N) is 3. The summed E-state index contributed by atoms with van der Waals surface area (Å²) in [4.78, 5) is 25.9. The predicted octanol–water partition coefficient (Wildman–Crippen LogP) is 5.18. The lowest BCUT2D eigenvalue weighted by Crippen LogP contribution is -2.38. The fourth-order valence-corrected chi connectivity index (χ4v) is 4.78. The normalized spacial score (nSPS) is 15.3. The monoisotopic (exact) mass is 514 g/mol. The minimum Gasteiger partial charge on any atom is -0.394 e. The number of aliphatic hydroxyl groups is 1. The number of piperidine rings is 1. The van der Waals surface area contributed by atoms with Crippen molar-refractivity contribution in [1.29, 1.82) is 0 Å². The lowest BCUT2D eigenvalue weighted by molar-refractivity contribution is 0.102. The number of aliphatic hydroxyl groups excluding tert-OH is 1. The molecule has 1 aliphatic heterocycles. The summed E-state index contributed by atoms with van der Waals surface area (Å²) in [5.74, 6) is 2.13. The third kappa shape index (κ3) is 8.08. The fourth-order valence-electron chi connectivity index (χ4n) is 4.02. The van der Waals surface area contributed by atoms with Gasteiger partial charge in [-0.2, -0.15) is 0 Å². The van der Waals surface area contributed by atoms with Crippen molar-refractivity contribution >= 4 is 35.2 Å². The molecule has 8 nitrogen and oxygen atoms in total. The summed E-state index contributed by atoms with van der Waals surface area (Å²) in [5, 5.41) is 15.9. The van der Waals surface area contributed by atoms with Gasteiger partial charge in [-0.25, -0.2) is 9.97 Å². The van der Waals surface area contributed by atoms with Gasteiger partial charge in [-0.1, -0.05) is 19.9 Å². The summed E-state index contributed by atoms with van der Waals surface area (Å²) in [7, 11) is 0. The molecule has 1 fully saturated rings. The van der Waals surface area contributed by atoms with Crippen molar-refractivity contribution < 1.29 is 9.90 Å². The highest BCUT2D eigenvalue weighted by Gasteiger charge is 2.28. The van der Waals surface area contributed by atoms with Gasteiger partial charge >= 0.3 is 0 Å². The number of aromatic nitrogens is 2. The smallest absolute Gasteiger partial charge is 0.278 e. The fraction of sp³-hybridized carbons (Fsp3) is 0.593. The number of benzene rings is 1. The summed E-state index contributed by atoms with van der Waals surface area (Å²) in [6.07, 6.45) is 3.68. The van der Waals surface area contributed by atoms with Gasteiger partial charge in [0.15, 0.2) is 11.5 Å². The number of hydrogen-bond donors (Lipinski definition) is 4. The molecule has 1 amide bonds. The van der Waals surface area contributed by atoms with Crippen LogP contribution in [0.15, 0.2) is 35.4 Å². The predicted molar refractivity (Wildman–Crippen MR) is 150 cm³/mol. The Morgan fingerprint density at radius 1 is 1.19 bits per heavy atom. The van der Waals surface area contributed by atoms with E-state index in [4.69, 9.17) is 4.98 Å². The van der Waals surface area contributed by atoms with Crippen LogP contribution in [-0.2, 0) is 0 Å². The minimum atomic E-state index is -0.556. The third-order valence-corrected chi connectivity index (χ3v) is 7.38. The summed E-state index contributed by atoms with van der Waals surface area (Å²) >= 11 is 1.54. The molecule has 1 aliphatic rings. The van der Waals surface area contributed by atoms with E-state index in [2.05, 4.69) is 59.9 Å². The van der Waals surface area contributed by atoms with Gasteiger partial charge in [0.05, 0.1) is 18.3 Å². The first-order chi connectivity index (χ1) is 16.9. The van der Waals surface area contributed by atoms with Crippen LogP contribution in [0.1, 0.15) is 71.8 Å². The van der Waals surface area contributed by atoms with E-state index >= 15 is 0 Å². The van der Waals surface area contributed by atoms with Crippen LogP contribution < -0.4 is 20.3 Å². The molecule has 0 spiro atoms. The Balaban J connectivity index is 1.84. The van der Waals surface area contributed by atoms with Gasteiger partial charge < -0.3 is 20.6 Å². The van der Waals surface area contributed by atoms with Crippen LogP contribution in [-0.4, -0.2) is 51.8 Å². The Bertz CT molecular complexity index is 1030. The Kier molecular flexibility index (Phi) is 9.24. The molecule has 0 bridgehead atoms. The zero-order chi connectivity index (χ0) is 26.5. The third-order valence-electron chi connectivity index (χ3n) is 6.18. The average Bonchev–Trinajstić information content (AvgIpc) is 2.82. The molecule has 2 heterocycles. The van der Waals surface area contributed by atoms with Crippen molar-refractivity contribution in [2.45, 2.75) is 77.3 Å². The molecule has 4 N–H and O–H groups in total. The Morgan fingerprint density at radius 3 is 2.50 bits per heavy atom. The zero-order valence-electron chi connectivity index (χ0n) is 22.7. The quantitative estimate of drug-likeness (QED) is 0.340. The highest BCUT2D eigenvalue weighted by Crippen LogP contribution is 2.30. The Labute approximate surface area is 220 Å². The first kappa shape index (κ1) is 28.2. The molecular formula is C27H42N6O2S. The van der Waals surface area contributed by atoms with Crippen LogP contribution in [0.25, 0.3) is 0 Å². The lowest BCUT2D eigenvalue weighted by atomic mass is 9.87. The van der Waals surface area contributed by atoms with E-state index in [1.165, 1.54) is 11.9 Å². The van der Waals surface area contributed by atoms with Crippen LogP contribution >= 0.6 is 11.9 Å². The zero-order valence-corrected chi connectivity index (χ0v) is 23.5. The molecule has 2 aromatic rings. The standard InChI is InChI=1S/C27H42N6O2S/c1-18(2)19-11-13-33(14-12-19)24-23(28-16-22(30-24)31-27(6,7)17-34)25(35)29-20-9-8-10-21(15-20)36-32-26(3,4)5/h8-10,15-16,18-19,32,34H,11-14,17H2,1-7H3,(H,29,35)(H,30,31). The van der Waals surface area contributed by atoms with Gasteiger partial charge in [-0.15, -0.1) is 0 Å². The minimum absolute atomic E-state index is 0.0300. The molecule has 1 aromatic carbocycles. The van der Waals surface area contributed by atoms with Crippen LogP contribution in [0.5, 0.6) is 0 Å². The number of carbonyl (C=O) groups excluding carboxylic acids is 1. The second-order valence-corrected chi connectivity index (χ2v) is 12.5. The van der Waals surface area contributed by atoms with E-state index < -0.39 is 5.54 Å². The molecule has 0 unspecified atom stereocenters. The molecule has 0 atom stereocenters. The van der Waals surface area contributed by atoms with E-state index in [0.717, 1.165) is 30.8 Å². The van der Waals surface area contributed by atoms with Crippen molar-refractivity contribution in [2.24, 2.45) is 11.8 Å². The number of carbonyl (C=O) groups is 1. The summed E-state index contributed by atoms with van der Waals surface area (Å²) < 4.78 is 3.39. The van der Waals surface area contributed by atoms with Gasteiger partial charge in [0.25, 0.3) is 5.91 Å². The number of rotatable bonds is 9. The second-order valence-electron chi connectivity index (χ2n) is 11.6. The highest BCUT2D eigenvalue weighted by atomic mass is 32.2. The van der Waals surface area contributed by atoms with E-state index in [9.17, 15) is 9.90 Å². The molecule has 198 valence electrons. The highest BCUT2D eigenvalue weighted by molar-refractivity contribution is 7.97. The maximum absolute atomic E-state index is 13.4. The van der Waals surface area contributed by atoms with E-state index in [1.54, 1.807) is 6.20 Å². The first-order valence-electron chi connectivity index (χ1n) is 12.7. The van der Waals surface area contributed by atoms with Gasteiger partial charge in [-0.05, 0) is 89.4 Å². The van der Waals surface area contributed by atoms with Crippen molar-refractivity contribution in [3.63, 3.8) is 0 Å². The molecule has 1 aromatic heterocycles. The van der Waals surface area contributed by atoms with Gasteiger partial charge in [0.1, 0.15) is 5.82 Å². The molecule has 9 heteroatoms. The van der Waals surface area contributed by atoms with E-state index in [-0.39, 0.29) is 18.1 Å². The largest absolute Gasteiger partial charge is 0.394 e. The summed E-state index contributed by atoms with van der Waals surface area (Å²) in [6.45, 7) is 16.2. The number of amides is 1. The molecule has 0 radical (unpaired) electrons. The van der Waals surface area contributed by atoms with Crippen LogP contribution in [0, 0.1) is 11.8 Å². The lowest BCUT2D eigenvalue weighted by Gasteiger charge is -2.35. The van der Waals surface area contributed by atoms with Gasteiger partial charge in [0.2, 0.25) is 0 Å². The van der Waals surface area contributed by atoms with E-state index in [1.807, 2.05) is 38.1 Å². The maximum atomic E-state index is 13.4. The van der Waals surface area contributed by atoms with Crippen LogP contribution in [0.3, 0.4) is 0 Å². The molecule has 0 aliphatic carbocycles. The number of anilines is 3. The molecule has 0 saturated carbocycles. The van der Waals surface area contributed by atoms with E-state index in [0.29, 0.717) is 34.9 Å². The summed E-state index contributed by atoms with van der Waals surface area (Å²) in [5.41, 5.74) is 0.420. The van der Waals surface area contributed by atoms with Gasteiger partial charge in [-0.3, -0.25) is 9.52 Å². The molecule has 1 saturated heterocycles. The Hall–Kier alpha value is -2.36. The Morgan fingerprint density at radius 2 is 1.89 bits per heavy atom. The summed E-state index contributed by atoms with van der Waals surface area (Å²) in [6, 6.07) is 7.75.